The van der Waals surface area contributed by atoms with Crippen LogP contribution in [0, 0.1) is 35.4 Å². The number of carbonyl (C=O) groups is 2. The first-order valence-corrected chi connectivity index (χ1v) is 21.9. The van der Waals surface area contributed by atoms with Crippen LogP contribution in [-0.2, 0) is 44.1 Å². The molecule has 4 aromatic rings. The zero-order valence-corrected chi connectivity index (χ0v) is 37.4. The Morgan fingerprint density at radius 2 is 0.797 bits per heavy atom. The van der Waals surface area contributed by atoms with Gasteiger partial charge in [-0.15, -0.1) is 35.4 Å². The van der Waals surface area contributed by atoms with Crippen molar-refractivity contribution in [2.24, 2.45) is 0 Å². The maximum Gasteiger partial charge on any atom is 4.00 e. The summed E-state index contributed by atoms with van der Waals surface area (Å²) in [5.41, 5.74) is 0.750. The summed E-state index contributed by atoms with van der Waals surface area (Å²) in [6, 6.07) is 29.2. The molecule has 2 amide bonds. The fourth-order valence-electron chi connectivity index (χ4n) is 6.02. The number of amides is 2. The number of carbonyl (C=O) groups excluding carboxylic acids is 2. The molecule has 0 aromatic heterocycles. The zero-order chi connectivity index (χ0) is 42.3. The van der Waals surface area contributed by atoms with Gasteiger partial charge in [0.15, 0.2) is 0 Å². The Bertz CT molecular complexity index is 1370. The maximum absolute atomic E-state index is 13.4. The second kappa shape index (κ2) is 39.9. The summed E-state index contributed by atoms with van der Waals surface area (Å²) in [5.74, 6) is -2.75. The first kappa shape index (κ1) is 55.5. The number of rotatable bonds is 26. The number of halogens is 4. The molecule has 0 unspecified atom stereocenters. The topological polar surface area (TPSA) is 58.2 Å². The van der Waals surface area contributed by atoms with Crippen LogP contribution in [0.15, 0.2) is 84.9 Å². The molecule has 0 heterocycles. The number of benzene rings is 2. The second-order valence-electron chi connectivity index (χ2n) is 14.6. The molecule has 0 atom stereocenters. The zero-order valence-electron chi connectivity index (χ0n) is 35.9. The molecule has 9 heteroatoms. The Kier molecular flexibility index (Phi) is 37.6. The van der Waals surface area contributed by atoms with Gasteiger partial charge in [0.05, 0.1) is 0 Å². The molecule has 0 spiro atoms. The van der Waals surface area contributed by atoms with Crippen molar-refractivity contribution in [3.05, 3.63) is 131 Å². The van der Waals surface area contributed by atoms with Crippen molar-refractivity contribution in [1.82, 2.24) is 10.6 Å². The summed E-state index contributed by atoms with van der Waals surface area (Å²) >= 11 is 0. The van der Waals surface area contributed by atoms with Gasteiger partial charge >= 0.3 is 21.7 Å². The summed E-state index contributed by atoms with van der Waals surface area (Å²) < 4.78 is 52.2. The molecule has 324 valence electrons. The van der Waals surface area contributed by atoms with Gasteiger partial charge in [0, 0.05) is 49.2 Å². The molecular formula is C50H70F4N2O2Ti. The SMILES string of the molecule is CCCCCCCCCCCC(=O)NCCc1ccc(F)[c-]c1F.CCCCCCCCCCCC(=O)NCCc1ccc(F)[c-]c1F.[Ti+4].c1cc[cH-]c1.c1cc[cH-]c1. The molecule has 0 fully saturated rings. The average Bonchev–Trinajstić information content (AvgIpc) is 4.00. The summed E-state index contributed by atoms with van der Waals surface area (Å²) in [6.45, 7) is 5.18. The van der Waals surface area contributed by atoms with Gasteiger partial charge in [0.25, 0.3) is 0 Å². The van der Waals surface area contributed by atoms with Crippen molar-refractivity contribution >= 4 is 11.8 Å². The van der Waals surface area contributed by atoms with Crippen LogP contribution in [0.3, 0.4) is 0 Å². The molecule has 0 aliphatic carbocycles. The van der Waals surface area contributed by atoms with Crippen LogP contribution < -0.4 is 10.6 Å². The van der Waals surface area contributed by atoms with Gasteiger partial charge in [-0.2, -0.15) is 48.5 Å². The third-order valence-electron chi connectivity index (χ3n) is 9.44. The van der Waals surface area contributed by atoms with Crippen LogP contribution in [-0.4, -0.2) is 24.9 Å². The molecule has 0 bridgehead atoms. The molecule has 4 rings (SSSR count). The van der Waals surface area contributed by atoms with Crippen molar-refractivity contribution < 1.29 is 48.9 Å². The van der Waals surface area contributed by atoms with Gasteiger partial charge in [-0.1, -0.05) is 129 Å². The first-order chi connectivity index (χ1) is 28.3. The van der Waals surface area contributed by atoms with E-state index in [0.717, 1.165) is 25.7 Å². The molecular weight excluding hydrogens is 784 g/mol. The van der Waals surface area contributed by atoms with Crippen molar-refractivity contribution in [2.75, 3.05) is 13.1 Å². The number of unbranched alkanes of at least 4 members (excludes halogenated alkanes) is 16. The standard InChI is InChI=1S/2C20H30F2NO.2C5H5.Ti/c2*1-2-3-4-5-6-7-8-9-10-11-20(24)23-15-14-17-12-13-18(21)16-19(17)22;2*1-2-4-5-3-1;/h2*12-13H,2-11,14-15H2,1H3,(H,23,24);2*1-5H;/q4*-1;+4. The van der Waals surface area contributed by atoms with Crippen molar-refractivity contribution in [3.63, 3.8) is 0 Å². The maximum atomic E-state index is 13.4. The molecule has 0 saturated heterocycles. The third kappa shape index (κ3) is 34.0. The Morgan fingerprint density at radius 3 is 1.07 bits per heavy atom. The van der Waals surface area contributed by atoms with Crippen LogP contribution in [0.25, 0.3) is 0 Å². The first-order valence-electron chi connectivity index (χ1n) is 21.9. The normalized spacial score (nSPS) is 10.1. The summed E-state index contributed by atoms with van der Waals surface area (Å²) in [5, 5.41) is 5.57. The van der Waals surface area contributed by atoms with E-state index in [4.69, 9.17) is 0 Å². The third-order valence-corrected chi connectivity index (χ3v) is 9.44. The van der Waals surface area contributed by atoms with Gasteiger partial charge in [-0.25, -0.2) is 41.8 Å². The van der Waals surface area contributed by atoms with Gasteiger partial charge in [-0.3, -0.25) is 9.59 Å². The molecule has 4 aromatic carbocycles. The van der Waals surface area contributed by atoms with Crippen LogP contribution in [0.4, 0.5) is 17.6 Å². The molecule has 59 heavy (non-hydrogen) atoms. The van der Waals surface area contributed by atoms with E-state index < -0.39 is 23.3 Å². The minimum atomic E-state index is -0.703. The van der Waals surface area contributed by atoms with Crippen LogP contribution in [0.2, 0.25) is 0 Å². The van der Waals surface area contributed by atoms with Gasteiger partial charge in [-0.05, 0) is 12.8 Å². The van der Waals surface area contributed by atoms with Crippen LogP contribution in [0.1, 0.15) is 153 Å². The van der Waals surface area contributed by atoms with Crippen molar-refractivity contribution in [2.45, 2.75) is 155 Å². The van der Waals surface area contributed by atoms with E-state index in [-0.39, 0.29) is 33.5 Å². The fraction of sp³-hybridized carbons (Fsp3) is 0.520. The predicted octanol–water partition coefficient (Wildman–Crippen LogP) is 13.5. The van der Waals surface area contributed by atoms with Crippen molar-refractivity contribution in [1.29, 1.82) is 0 Å². The monoisotopic (exact) mass is 854 g/mol. The number of hydrogen-bond donors (Lipinski definition) is 2. The quantitative estimate of drug-likeness (QED) is 0.0286. The van der Waals surface area contributed by atoms with Gasteiger partial charge in [0.2, 0.25) is 11.8 Å². The predicted molar refractivity (Wildman–Crippen MR) is 232 cm³/mol. The average molecular weight is 855 g/mol. The molecule has 4 nitrogen and oxygen atoms in total. The summed E-state index contributed by atoms with van der Waals surface area (Å²) in [4.78, 5) is 23.4. The molecule has 0 aliphatic heterocycles. The van der Waals surface area contributed by atoms with Gasteiger partial charge < -0.3 is 10.6 Å². The largest absolute Gasteiger partial charge is 4.00 e. The van der Waals surface area contributed by atoms with E-state index in [1.807, 2.05) is 72.8 Å². The van der Waals surface area contributed by atoms with Gasteiger partial charge in [0.1, 0.15) is 0 Å². The Balaban J connectivity index is 0.000000903. The van der Waals surface area contributed by atoms with Crippen molar-refractivity contribution in [3.8, 4) is 0 Å². The number of hydrogen-bond acceptors (Lipinski definition) is 2. The Morgan fingerprint density at radius 1 is 0.492 bits per heavy atom. The summed E-state index contributed by atoms with van der Waals surface area (Å²) in [7, 11) is 0. The Hall–Kier alpha value is -3.49. The van der Waals surface area contributed by atoms with E-state index in [0.29, 0.717) is 49.9 Å². The smallest absolute Gasteiger partial charge is 0.357 e. The summed E-state index contributed by atoms with van der Waals surface area (Å²) in [6.07, 6.45) is 23.8. The van der Waals surface area contributed by atoms with Crippen LogP contribution in [0.5, 0.6) is 0 Å². The molecule has 0 aliphatic rings. The molecule has 0 radical (unpaired) electrons. The number of nitrogens with one attached hydrogen (secondary N) is 2. The molecule has 2 N–H and O–H groups in total. The minimum Gasteiger partial charge on any atom is -0.357 e. The van der Waals surface area contributed by atoms with E-state index in [9.17, 15) is 27.2 Å². The minimum absolute atomic E-state index is 0. The second-order valence-corrected chi connectivity index (χ2v) is 14.6. The Labute approximate surface area is 369 Å². The van der Waals surface area contributed by atoms with Crippen LogP contribution >= 0.6 is 0 Å². The van der Waals surface area contributed by atoms with E-state index in [1.54, 1.807) is 0 Å². The molecule has 0 saturated carbocycles. The van der Waals surface area contributed by atoms with E-state index in [1.165, 1.54) is 114 Å². The van der Waals surface area contributed by atoms with E-state index in [2.05, 4.69) is 24.5 Å². The van der Waals surface area contributed by atoms with E-state index >= 15 is 0 Å². The fourth-order valence-corrected chi connectivity index (χ4v) is 6.02.